The predicted octanol–water partition coefficient (Wildman–Crippen LogP) is 11.2. The first-order valence-electron chi connectivity index (χ1n) is 21.1. The second kappa shape index (κ2) is 40.7. The lowest BCUT2D eigenvalue weighted by atomic mass is 10.1. The van der Waals surface area contributed by atoms with E-state index in [1.807, 2.05) is 36.5 Å². The fourth-order valence-corrected chi connectivity index (χ4v) is 5.56. The number of carboxylic acid groups (broad SMARTS) is 1. The van der Waals surface area contributed by atoms with Crippen molar-refractivity contribution >= 4 is 25.7 Å². The first kappa shape index (κ1) is 54.9. The molecule has 0 saturated heterocycles. The molecule has 0 spiro atoms. The largest absolute Gasteiger partial charge is 0.480 e. The summed E-state index contributed by atoms with van der Waals surface area (Å²) in [4.78, 5) is 45.9. The zero-order valence-corrected chi connectivity index (χ0v) is 36.4. The first-order valence-corrected chi connectivity index (χ1v) is 22.6. The molecule has 11 nitrogen and oxygen atoms in total. The Labute approximate surface area is 354 Å². The lowest BCUT2D eigenvalue weighted by Gasteiger charge is -2.20. The third-order valence-electron chi connectivity index (χ3n) is 8.05. The fourth-order valence-electron chi connectivity index (χ4n) is 4.78. The summed E-state index contributed by atoms with van der Waals surface area (Å²) in [6.45, 7) is 2.43. The maximum Gasteiger partial charge on any atom is 0.472 e. The van der Waals surface area contributed by atoms with Gasteiger partial charge in [-0.25, -0.2) is 4.57 Å². The number of ether oxygens (including phenoxy) is 2. The van der Waals surface area contributed by atoms with E-state index >= 15 is 0 Å². The Balaban J connectivity index is 4.49. The Bertz CT molecular complexity index is 1450. The maximum absolute atomic E-state index is 12.6. The standard InChI is InChI=1S/C47H72NO10P/c1-3-5-7-9-11-13-15-17-18-19-20-21-22-23-24-25-27-28-30-32-34-36-38-45(49)55-40-43(41-56-59(53,54)57-42-44(48)47(51)52)58-46(50)39-37-35-33-31-29-26-16-14-12-10-8-6-4-2/h5-8,10-14,16-18,20-21,23-24,26-29,43-44H,3-4,9,15,19,22,25,30-42,48H2,1-2H3,(H,51,52)(H,53,54)/b7-5+,8-6+,12-10+,13-11+,16-14+,18-17+,21-20+,24-23+,28-27+,29-26+/t43?,44-/m1/s1. The summed E-state index contributed by atoms with van der Waals surface area (Å²) in [7, 11) is -4.74. The summed E-state index contributed by atoms with van der Waals surface area (Å²) in [6.07, 6.45) is 54.2. The van der Waals surface area contributed by atoms with Gasteiger partial charge in [-0.2, -0.15) is 0 Å². The molecule has 2 unspecified atom stereocenters. The van der Waals surface area contributed by atoms with E-state index in [9.17, 15) is 23.8 Å². The lowest BCUT2D eigenvalue weighted by Crippen LogP contribution is -2.34. The van der Waals surface area contributed by atoms with Crippen LogP contribution in [0.25, 0.3) is 0 Å². The van der Waals surface area contributed by atoms with Crippen molar-refractivity contribution in [2.75, 3.05) is 19.8 Å². The third-order valence-corrected chi connectivity index (χ3v) is 9.00. The van der Waals surface area contributed by atoms with E-state index in [2.05, 4.69) is 103 Å². The van der Waals surface area contributed by atoms with E-state index < -0.39 is 51.1 Å². The van der Waals surface area contributed by atoms with Gasteiger partial charge in [-0.1, -0.05) is 148 Å². The van der Waals surface area contributed by atoms with E-state index in [1.54, 1.807) is 0 Å². The van der Waals surface area contributed by atoms with Crippen molar-refractivity contribution in [1.82, 2.24) is 0 Å². The summed E-state index contributed by atoms with van der Waals surface area (Å²) in [5, 5.41) is 8.88. The quantitative estimate of drug-likeness (QED) is 0.0179. The van der Waals surface area contributed by atoms with E-state index in [0.717, 1.165) is 83.5 Å². The number of carbonyl (C=O) groups excluding carboxylic acids is 2. The number of hydrogen-bond acceptors (Lipinski definition) is 9. The van der Waals surface area contributed by atoms with Crippen molar-refractivity contribution in [1.29, 1.82) is 0 Å². The number of allylic oxidation sites excluding steroid dienone is 20. The second-order valence-electron chi connectivity index (χ2n) is 13.4. The van der Waals surface area contributed by atoms with Gasteiger partial charge >= 0.3 is 25.7 Å². The van der Waals surface area contributed by atoms with Gasteiger partial charge in [-0.3, -0.25) is 23.4 Å². The zero-order valence-electron chi connectivity index (χ0n) is 35.5. The highest BCUT2D eigenvalue weighted by Gasteiger charge is 2.28. The first-order chi connectivity index (χ1) is 28.6. The molecule has 0 aromatic rings. The highest BCUT2D eigenvalue weighted by molar-refractivity contribution is 7.47. The minimum Gasteiger partial charge on any atom is -0.480 e. The van der Waals surface area contributed by atoms with Crippen LogP contribution >= 0.6 is 7.82 Å². The zero-order chi connectivity index (χ0) is 43.5. The maximum atomic E-state index is 12.6. The molecule has 0 saturated carbocycles. The highest BCUT2D eigenvalue weighted by Crippen LogP contribution is 2.43. The minimum atomic E-state index is -4.74. The predicted molar refractivity (Wildman–Crippen MR) is 239 cm³/mol. The fraction of sp³-hybridized carbons (Fsp3) is 0.511. The molecule has 0 rings (SSSR count). The number of nitrogens with two attached hydrogens (primary N) is 1. The molecule has 0 aromatic heterocycles. The van der Waals surface area contributed by atoms with Crippen LogP contribution in [0.15, 0.2) is 122 Å². The number of carboxylic acids is 1. The number of esters is 2. The molecular weight excluding hydrogens is 769 g/mol. The molecule has 0 aliphatic carbocycles. The average Bonchev–Trinajstić information content (AvgIpc) is 3.21. The van der Waals surface area contributed by atoms with Gasteiger partial charge < -0.3 is 25.2 Å². The molecule has 0 heterocycles. The van der Waals surface area contributed by atoms with Crippen molar-refractivity contribution in [2.45, 2.75) is 135 Å². The van der Waals surface area contributed by atoms with Gasteiger partial charge in [0.15, 0.2) is 6.10 Å². The normalized spacial score (nSPS) is 14.9. The van der Waals surface area contributed by atoms with Crippen molar-refractivity contribution in [3.05, 3.63) is 122 Å². The number of carbonyl (C=O) groups is 3. The molecule has 0 fully saturated rings. The van der Waals surface area contributed by atoms with Gasteiger partial charge in [-0.15, -0.1) is 0 Å². The molecule has 330 valence electrons. The van der Waals surface area contributed by atoms with E-state index in [-0.39, 0.29) is 19.4 Å². The van der Waals surface area contributed by atoms with Crippen LogP contribution in [0.4, 0.5) is 0 Å². The van der Waals surface area contributed by atoms with Crippen LogP contribution in [0.1, 0.15) is 123 Å². The van der Waals surface area contributed by atoms with Crippen LogP contribution < -0.4 is 5.73 Å². The molecular formula is C47H72NO10P. The van der Waals surface area contributed by atoms with Crippen molar-refractivity contribution in [2.24, 2.45) is 5.73 Å². The number of phosphoric ester groups is 1. The monoisotopic (exact) mass is 841 g/mol. The van der Waals surface area contributed by atoms with E-state index in [4.69, 9.17) is 24.8 Å². The van der Waals surface area contributed by atoms with Crippen LogP contribution in [0.2, 0.25) is 0 Å². The van der Waals surface area contributed by atoms with Crippen LogP contribution in [-0.4, -0.2) is 59.9 Å². The van der Waals surface area contributed by atoms with Gasteiger partial charge in [0.05, 0.1) is 13.2 Å². The summed E-state index contributed by atoms with van der Waals surface area (Å²) < 4.78 is 32.6. The topological polar surface area (TPSA) is 172 Å². The summed E-state index contributed by atoms with van der Waals surface area (Å²) in [6, 6.07) is -1.54. The Hall–Kier alpha value is -4.12. The Morgan fingerprint density at radius 3 is 1.51 bits per heavy atom. The van der Waals surface area contributed by atoms with Gasteiger partial charge in [0, 0.05) is 12.8 Å². The van der Waals surface area contributed by atoms with Crippen molar-refractivity contribution < 1.29 is 47.5 Å². The summed E-state index contributed by atoms with van der Waals surface area (Å²) >= 11 is 0. The minimum absolute atomic E-state index is 0.0989. The van der Waals surface area contributed by atoms with Crippen LogP contribution in [0, 0.1) is 0 Å². The molecule has 0 radical (unpaired) electrons. The summed E-state index contributed by atoms with van der Waals surface area (Å²) in [5.41, 5.74) is 5.32. The second-order valence-corrected chi connectivity index (χ2v) is 14.9. The molecule has 3 atom stereocenters. The highest BCUT2D eigenvalue weighted by atomic mass is 31.2. The number of rotatable bonds is 37. The smallest absolute Gasteiger partial charge is 0.472 e. The van der Waals surface area contributed by atoms with Crippen LogP contribution in [0.3, 0.4) is 0 Å². The average molecular weight is 842 g/mol. The molecule has 59 heavy (non-hydrogen) atoms. The molecule has 4 N–H and O–H groups in total. The van der Waals surface area contributed by atoms with Gasteiger partial charge in [0.1, 0.15) is 12.6 Å². The van der Waals surface area contributed by atoms with Crippen LogP contribution in [-0.2, 0) is 37.5 Å². The van der Waals surface area contributed by atoms with Gasteiger partial charge in [0.25, 0.3) is 0 Å². The molecule has 0 aliphatic rings. The van der Waals surface area contributed by atoms with E-state index in [1.165, 1.54) is 0 Å². The van der Waals surface area contributed by atoms with Gasteiger partial charge in [0.2, 0.25) is 0 Å². The number of unbranched alkanes of at least 4 members (excludes halogenated alkanes) is 6. The number of hydrogen-bond donors (Lipinski definition) is 3. The molecule has 0 aliphatic heterocycles. The Morgan fingerprint density at radius 1 is 0.542 bits per heavy atom. The lowest BCUT2D eigenvalue weighted by molar-refractivity contribution is -0.161. The van der Waals surface area contributed by atoms with Gasteiger partial charge in [-0.05, 0) is 83.5 Å². The Morgan fingerprint density at radius 2 is 0.983 bits per heavy atom. The van der Waals surface area contributed by atoms with E-state index in [0.29, 0.717) is 12.8 Å². The summed E-state index contributed by atoms with van der Waals surface area (Å²) in [5.74, 6) is -2.50. The molecule has 0 aromatic carbocycles. The molecule has 0 amide bonds. The van der Waals surface area contributed by atoms with Crippen molar-refractivity contribution in [3.8, 4) is 0 Å². The molecule has 0 bridgehead atoms. The number of aliphatic carboxylic acids is 1. The Kier molecular flexibility index (Phi) is 37.8. The number of phosphoric acid groups is 1. The SMILES string of the molecule is CC/C=C/C=C/C=C/C=C/CCCCCC(=O)OC(COC(=O)CCCCC/C=C/C/C=C/C/C=C/C/C=C/C/C=C/C/C=C/CC)COP(=O)(O)OC[C@@H](N)C(=O)O. The van der Waals surface area contributed by atoms with Crippen molar-refractivity contribution in [3.63, 3.8) is 0 Å². The molecule has 12 heteroatoms. The van der Waals surface area contributed by atoms with Crippen LogP contribution in [0.5, 0.6) is 0 Å². The third kappa shape index (κ3) is 40.4.